The van der Waals surface area contributed by atoms with Gasteiger partial charge in [-0.15, -0.1) is 10.2 Å². The molecule has 2 aliphatic rings. The number of allylic oxidation sites excluding steroid dienone is 3. The quantitative estimate of drug-likeness (QED) is 0.0951. The molecule has 1 N–H and O–H groups in total. The van der Waals surface area contributed by atoms with Crippen LogP contribution < -0.4 is 5.32 Å². The average molecular weight is 665 g/mol. The number of hydrogen-bond donors (Lipinski definition) is 1. The lowest BCUT2D eigenvalue weighted by molar-refractivity contribution is -0.384. The summed E-state index contributed by atoms with van der Waals surface area (Å²) in [5, 5.41) is 27.4. The van der Waals surface area contributed by atoms with E-state index in [1.54, 1.807) is 26.1 Å². The first kappa shape index (κ1) is 33.5. The Bertz CT molecular complexity index is 1790. The number of piperazine rings is 1. The molecule has 1 atom stereocenters. The number of carbonyl (C=O) groups excluding carboxylic acids is 1. The fourth-order valence-corrected chi connectivity index (χ4v) is 6.63. The highest BCUT2D eigenvalue weighted by Crippen LogP contribution is 2.43. The fourth-order valence-electron chi connectivity index (χ4n) is 6.63. The third kappa shape index (κ3) is 7.85. The lowest BCUT2D eigenvalue weighted by Gasteiger charge is -2.39. The molecule has 1 saturated heterocycles. The van der Waals surface area contributed by atoms with E-state index in [2.05, 4.69) is 79.1 Å². The Morgan fingerprint density at radius 2 is 1.63 bits per heavy atom. The zero-order valence-corrected chi connectivity index (χ0v) is 27.9. The van der Waals surface area contributed by atoms with Crippen LogP contribution in [0.25, 0.3) is 5.57 Å². The van der Waals surface area contributed by atoms with Gasteiger partial charge in [-0.05, 0) is 42.2 Å². The molecular weight excluding hydrogens is 624 g/mol. The van der Waals surface area contributed by atoms with Crippen molar-refractivity contribution in [3.05, 3.63) is 135 Å². The molecule has 0 saturated carbocycles. The highest BCUT2D eigenvalue weighted by molar-refractivity contribution is 5.76. The Morgan fingerprint density at radius 1 is 0.959 bits per heavy atom. The molecular formula is C36H40N8O5. The van der Waals surface area contributed by atoms with Crippen molar-refractivity contribution in [3.8, 4) is 0 Å². The van der Waals surface area contributed by atoms with Crippen molar-refractivity contribution in [2.24, 2.45) is 7.05 Å². The van der Waals surface area contributed by atoms with E-state index in [-0.39, 0.29) is 24.1 Å². The van der Waals surface area contributed by atoms with Gasteiger partial charge in [-0.2, -0.15) is 4.80 Å². The molecule has 0 spiro atoms. The van der Waals surface area contributed by atoms with Crippen LogP contribution in [0.4, 0.5) is 10.5 Å². The van der Waals surface area contributed by atoms with Gasteiger partial charge < -0.3 is 19.7 Å². The van der Waals surface area contributed by atoms with Crippen molar-refractivity contribution >= 4 is 17.4 Å². The van der Waals surface area contributed by atoms with Crippen LogP contribution in [0.2, 0.25) is 0 Å². The number of nitrogens with one attached hydrogen (secondary N) is 1. The predicted molar refractivity (Wildman–Crippen MR) is 183 cm³/mol. The third-order valence-electron chi connectivity index (χ3n) is 8.90. The monoisotopic (exact) mass is 664 g/mol. The highest BCUT2D eigenvalue weighted by atomic mass is 16.7. The summed E-state index contributed by atoms with van der Waals surface area (Å²) in [6, 6.07) is 27.7. The summed E-state index contributed by atoms with van der Waals surface area (Å²) in [4.78, 5) is 30.5. The molecule has 6 rings (SSSR count). The number of ether oxygens (including phenoxy) is 2. The van der Waals surface area contributed by atoms with E-state index in [0.29, 0.717) is 34.8 Å². The summed E-state index contributed by atoms with van der Waals surface area (Å²) in [7, 11) is 1.65. The van der Waals surface area contributed by atoms with E-state index in [9.17, 15) is 14.9 Å². The number of nitro groups is 1. The molecule has 49 heavy (non-hydrogen) atoms. The topological polar surface area (TPSA) is 141 Å². The van der Waals surface area contributed by atoms with E-state index in [0.717, 1.165) is 32.7 Å². The largest absolute Gasteiger partial charge is 0.513 e. The van der Waals surface area contributed by atoms with Crippen LogP contribution in [0.5, 0.6) is 0 Å². The van der Waals surface area contributed by atoms with E-state index < -0.39 is 17.0 Å². The smallest absolute Gasteiger partial charge is 0.434 e. The maximum absolute atomic E-state index is 13.1. The van der Waals surface area contributed by atoms with Crippen molar-refractivity contribution in [2.45, 2.75) is 32.2 Å². The Kier molecular flexibility index (Phi) is 10.4. The number of non-ortho nitro benzene ring substituents is 1. The van der Waals surface area contributed by atoms with Crippen molar-refractivity contribution in [3.63, 3.8) is 0 Å². The van der Waals surface area contributed by atoms with Gasteiger partial charge in [0.15, 0.2) is 0 Å². The van der Waals surface area contributed by atoms with Gasteiger partial charge in [0, 0.05) is 56.1 Å². The minimum Gasteiger partial charge on any atom is -0.434 e. The number of nitro benzene ring substituents is 1. The standard InChI is InChI=1S/C36H40N8O5/c1-25-31(35-38-40-41(3)39-35)32(29-16-10-17-30(24-29)44(46)47)34(26(2)37-25)49-36(45)48-23-11-18-42-19-21-43(22-20-42)33(27-12-6-4-7-13-27)28-14-8-5-9-15-28/h4-10,12-17,24,32-33,37H,11,18-23H2,1-3H3. The summed E-state index contributed by atoms with van der Waals surface area (Å²) in [6.45, 7) is 8.26. The molecule has 1 aromatic heterocycles. The van der Waals surface area contributed by atoms with Gasteiger partial charge in [0.25, 0.3) is 5.69 Å². The van der Waals surface area contributed by atoms with Gasteiger partial charge in [0.1, 0.15) is 5.76 Å². The molecule has 3 aromatic carbocycles. The van der Waals surface area contributed by atoms with Gasteiger partial charge in [0.2, 0.25) is 5.82 Å². The molecule has 13 nitrogen and oxygen atoms in total. The minimum absolute atomic E-state index is 0.0868. The molecule has 0 aliphatic carbocycles. The first-order valence-corrected chi connectivity index (χ1v) is 16.4. The van der Waals surface area contributed by atoms with Gasteiger partial charge >= 0.3 is 6.16 Å². The SMILES string of the molecule is CC1=C(OC(=O)OCCCN2CCN(C(c3ccccc3)c3ccccc3)CC2)C(c2cccc([N+](=O)[O-])c2)C(c2nnn(C)n2)=C(C)N1. The summed E-state index contributed by atoms with van der Waals surface area (Å²) in [5.74, 6) is -0.157. The highest BCUT2D eigenvalue weighted by Gasteiger charge is 2.36. The maximum atomic E-state index is 13.1. The normalized spacial score (nSPS) is 17.3. The number of nitrogens with zero attached hydrogens (tertiary/aromatic N) is 7. The van der Waals surface area contributed by atoms with Gasteiger partial charge in [-0.1, -0.05) is 72.8 Å². The van der Waals surface area contributed by atoms with E-state index >= 15 is 0 Å². The Balaban J connectivity index is 1.06. The van der Waals surface area contributed by atoms with E-state index in [1.165, 1.54) is 28.1 Å². The number of hydrogen-bond acceptors (Lipinski definition) is 11. The summed E-state index contributed by atoms with van der Waals surface area (Å²) in [6.07, 6.45) is -0.204. The number of rotatable bonds is 11. The third-order valence-corrected chi connectivity index (χ3v) is 8.90. The van der Waals surface area contributed by atoms with Crippen LogP contribution in [0, 0.1) is 10.1 Å². The maximum Gasteiger partial charge on any atom is 0.513 e. The van der Waals surface area contributed by atoms with Crippen LogP contribution in [-0.2, 0) is 16.5 Å². The van der Waals surface area contributed by atoms with Crippen LogP contribution in [0.15, 0.2) is 102 Å². The summed E-state index contributed by atoms with van der Waals surface area (Å²) >= 11 is 0. The number of carbonyl (C=O) groups is 1. The molecule has 4 aromatic rings. The second-order valence-corrected chi connectivity index (χ2v) is 12.2. The molecule has 0 amide bonds. The van der Waals surface area contributed by atoms with Crippen LogP contribution >= 0.6 is 0 Å². The summed E-state index contributed by atoms with van der Waals surface area (Å²) < 4.78 is 11.4. The molecule has 1 unspecified atom stereocenters. The lowest BCUT2D eigenvalue weighted by Crippen LogP contribution is -2.48. The molecule has 254 valence electrons. The average Bonchev–Trinajstić information content (AvgIpc) is 3.54. The van der Waals surface area contributed by atoms with Crippen molar-refractivity contribution in [1.29, 1.82) is 0 Å². The number of dihydropyridines is 1. The zero-order valence-electron chi connectivity index (χ0n) is 27.9. The van der Waals surface area contributed by atoms with Gasteiger partial charge in [-0.3, -0.25) is 15.0 Å². The second-order valence-electron chi connectivity index (χ2n) is 12.2. The number of benzene rings is 3. The van der Waals surface area contributed by atoms with E-state index in [4.69, 9.17) is 9.47 Å². The van der Waals surface area contributed by atoms with Gasteiger partial charge in [-0.25, -0.2) is 4.79 Å². The number of aromatic nitrogens is 4. The molecule has 2 aliphatic heterocycles. The Morgan fingerprint density at radius 3 is 2.24 bits per heavy atom. The second kappa shape index (κ2) is 15.2. The number of tetrazole rings is 1. The lowest BCUT2D eigenvalue weighted by atomic mass is 9.84. The predicted octanol–water partition coefficient (Wildman–Crippen LogP) is 5.42. The molecule has 0 bridgehead atoms. The Labute approximate surface area is 285 Å². The number of aryl methyl sites for hydroxylation is 1. The van der Waals surface area contributed by atoms with Crippen LogP contribution in [0.1, 0.15) is 54.7 Å². The van der Waals surface area contributed by atoms with Gasteiger partial charge in [0.05, 0.1) is 36.2 Å². The minimum atomic E-state index is -0.851. The molecule has 3 heterocycles. The first-order valence-electron chi connectivity index (χ1n) is 16.4. The Hall–Kier alpha value is -5.40. The molecule has 1 fully saturated rings. The van der Waals surface area contributed by atoms with Crippen molar-refractivity contribution < 1.29 is 19.2 Å². The van der Waals surface area contributed by atoms with Crippen LogP contribution in [0.3, 0.4) is 0 Å². The summed E-state index contributed by atoms with van der Waals surface area (Å²) in [5.41, 5.74) is 4.89. The van der Waals surface area contributed by atoms with E-state index in [1.807, 2.05) is 19.1 Å². The van der Waals surface area contributed by atoms with Crippen molar-refractivity contribution in [2.75, 3.05) is 39.3 Å². The first-order chi connectivity index (χ1) is 23.8. The molecule has 0 radical (unpaired) electrons. The van der Waals surface area contributed by atoms with Crippen molar-refractivity contribution in [1.82, 2.24) is 35.3 Å². The molecule has 13 heteroatoms. The fraction of sp³-hybridized carbons (Fsp3) is 0.333. The van der Waals surface area contributed by atoms with Crippen LogP contribution in [-0.4, -0.2) is 80.4 Å². The zero-order chi connectivity index (χ0) is 34.3.